The largest absolute Gasteiger partial charge is 0.346 e. The molecule has 1 heterocycles. The van der Waals surface area contributed by atoms with Gasteiger partial charge >= 0.3 is 0 Å². The summed E-state index contributed by atoms with van der Waals surface area (Å²) in [6, 6.07) is 11.4. The average Bonchev–Trinajstić information content (AvgIpc) is 3.08. The van der Waals surface area contributed by atoms with Gasteiger partial charge < -0.3 is 15.2 Å². The molecular weight excluding hydrogens is 434 g/mol. The summed E-state index contributed by atoms with van der Waals surface area (Å²) in [5.41, 5.74) is 4.67. The number of amides is 2. The SMILES string of the molecule is Cc1cc(C)c(NC(=O)CNC(=O)CSc2nnc(-c3ccccc3Cl)n2C)c(C)c1. The zero-order valence-corrected chi connectivity index (χ0v) is 19.4. The standard InChI is InChI=1S/C22H24ClN5O2S/c1-13-9-14(2)20(15(3)10-13)25-18(29)11-24-19(30)12-31-22-27-26-21(28(22)4)16-7-5-6-8-17(16)23/h5-10H,11-12H2,1-4H3,(H,24,30)(H,25,29). The number of anilines is 1. The lowest BCUT2D eigenvalue weighted by Gasteiger charge is -2.13. The summed E-state index contributed by atoms with van der Waals surface area (Å²) < 4.78 is 1.79. The highest BCUT2D eigenvalue weighted by Crippen LogP contribution is 2.28. The van der Waals surface area contributed by atoms with Crippen molar-refractivity contribution in [2.75, 3.05) is 17.6 Å². The Labute approximate surface area is 190 Å². The van der Waals surface area contributed by atoms with E-state index in [-0.39, 0.29) is 24.1 Å². The van der Waals surface area contributed by atoms with Crippen molar-refractivity contribution in [1.29, 1.82) is 0 Å². The zero-order chi connectivity index (χ0) is 22.5. The maximum absolute atomic E-state index is 12.3. The Balaban J connectivity index is 1.52. The second-order valence-electron chi connectivity index (χ2n) is 7.23. The molecule has 0 aliphatic carbocycles. The van der Waals surface area contributed by atoms with Crippen LogP contribution in [0.4, 0.5) is 5.69 Å². The van der Waals surface area contributed by atoms with Crippen LogP contribution in [0.25, 0.3) is 11.4 Å². The van der Waals surface area contributed by atoms with Crippen LogP contribution in [0.2, 0.25) is 5.02 Å². The van der Waals surface area contributed by atoms with Gasteiger partial charge in [-0.25, -0.2) is 0 Å². The van der Waals surface area contributed by atoms with Crippen molar-refractivity contribution in [1.82, 2.24) is 20.1 Å². The van der Waals surface area contributed by atoms with E-state index in [1.807, 2.05) is 58.2 Å². The van der Waals surface area contributed by atoms with E-state index >= 15 is 0 Å². The van der Waals surface area contributed by atoms with Crippen molar-refractivity contribution in [3.8, 4) is 11.4 Å². The van der Waals surface area contributed by atoms with Gasteiger partial charge in [0, 0.05) is 18.3 Å². The number of hydrogen-bond donors (Lipinski definition) is 2. The molecule has 0 saturated carbocycles. The molecule has 3 aromatic rings. The molecule has 1 aromatic heterocycles. The van der Waals surface area contributed by atoms with Crippen LogP contribution in [0.15, 0.2) is 41.6 Å². The van der Waals surface area contributed by atoms with E-state index in [0.717, 1.165) is 27.9 Å². The van der Waals surface area contributed by atoms with E-state index in [4.69, 9.17) is 11.6 Å². The van der Waals surface area contributed by atoms with Gasteiger partial charge in [-0.1, -0.05) is 53.2 Å². The highest BCUT2D eigenvalue weighted by Gasteiger charge is 2.15. The predicted molar refractivity (Wildman–Crippen MR) is 124 cm³/mol. The highest BCUT2D eigenvalue weighted by atomic mass is 35.5. The molecule has 0 radical (unpaired) electrons. The fourth-order valence-electron chi connectivity index (χ4n) is 3.24. The molecule has 2 aromatic carbocycles. The Morgan fingerprint density at radius 2 is 1.74 bits per heavy atom. The highest BCUT2D eigenvalue weighted by molar-refractivity contribution is 7.99. The number of carbonyl (C=O) groups is 2. The van der Waals surface area contributed by atoms with Crippen molar-refractivity contribution in [2.45, 2.75) is 25.9 Å². The molecule has 0 saturated heterocycles. The summed E-state index contributed by atoms with van der Waals surface area (Å²) in [6.07, 6.45) is 0. The molecule has 2 amide bonds. The monoisotopic (exact) mass is 457 g/mol. The van der Waals surface area contributed by atoms with Gasteiger partial charge in [-0.2, -0.15) is 0 Å². The van der Waals surface area contributed by atoms with Crippen LogP contribution < -0.4 is 10.6 Å². The summed E-state index contributed by atoms with van der Waals surface area (Å²) >= 11 is 7.47. The molecule has 0 fully saturated rings. The van der Waals surface area contributed by atoms with Gasteiger partial charge in [0.2, 0.25) is 11.8 Å². The summed E-state index contributed by atoms with van der Waals surface area (Å²) in [5.74, 6) is 0.203. The Morgan fingerprint density at radius 3 is 2.42 bits per heavy atom. The summed E-state index contributed by atoms with van der Waals surface area (Å²) in [7, 11) is 1.82. The van der Waals surface area contributed by atoms with E-state index in [0.29, 0.717) is 16.0 Å². The van der Waals surface area contributed by atoms with E-state index < -0.39 is 0 Å². The number of halogens is 1. The first-order chi connectivity index (χ1) is 14.8. The smallest absolute Gasteiger partial charge is 0.243 e. The molecule has 31 heavy (non-hydrogen) atoms. The molecule has 162 valence electrons. The van der Waals surface area contributed by atoms with Gasteiger partial charge in [0.25, 0.3) is 0 Å². The van der Waals surface area contributed by atoms with Gasteiger partial charge in [-0.15, -0.1) is 10.2 Å². The van der Waals surface area contributed by atoms with Gasteiger partial charge in [-0.3, -0.25) is 9.59 Å². The third-order valence-corrected chi connectivity index (χ3v) is 6.02. The Hall–Kier alpha value is -2.84. The average molecular weight is 458 g/mol. The van der Waals surface area contributed by atoms with Crippen LogP contribution in [-0.4, -0.2) is 38.9 Å². The van der Waals surface area contributed by atoms with Gasteiger partial charge in [0.15, 0.2) is 11.0 Å². The topological polar surface area (TPSA) is 88.9 Å². The van der Waals surface area contributed by atoms with Gasteiger partial charge in [0.1, 0.15) is 0 Å². The minimum absolute atomic E-state index is 0.101. The Bertz CT molecular complexity index is 1110. The van der Waals surface area contributed by atoms with Crippen LogP contribution in [0, 0.1) is 20.8 Å². The first-order valence-corrected chi connectivity index (χ1v) is 11.0. The lowest BCUT2D eigenvalue weighted by atomic mass is 10.1. The second kappa shape index (κ2) is 9.98. The van der Waals surface area contributed by atoms with Crippen molar-refractivity contribution in [3.05, 3.63) is 58.1 Å². The normalized spacial score (nSPS) is 10.7. The minimum Gasteiger partial charge on any atom is -0.346 e. The van der Waals surface area contributed by atoms with E-state index in [2.05, 4.69) is 20.8 Å². The Kier molecular flexibility index (Phi) is 7.35. The summed E-state index contributed by atoms with van der Waals surface area (Å²) in [5, 5.41) is 15.0. The molecule has 0 spiro atoms. The number of nitrogens with one attached hydrogen (secondary N) is 2. The van der Waals surface area contributed by atoms with Crippen molar-refractivity contribution < 1.29 is 9.59 Å². The fourth-order valence-corrected chi connectivity index (χ4v) is 4.20. The lowest BCUT2D eigenvalue weighted by Crippen LogP contribution is -2.34. The quantitative estimate of drug-likeness (QED) is 0.525. The van der Waals surface area contributed by atoms with Crippen LogP contribution in [-0.2, 0) is 16.6 Å². The Morgan fingerprint density at radius 1 is 1.06 bits per heavy atom. The molecule has 0 aliphatic heterocycles. The van der Waals surface area contributed by atoms with E-state index in [1.165, 1.54) is 11.8 Å². The van der Waals surface area contributed by atoms with Gasteiger partial charge in [-0.05, 0) is 44.0 Å². The predicted octanol–water partition coefficient (Wildman–Crippen LogP) is 3.91. The number of nitrogens with zero attached hydrogens (tertiary/aromatic N) is 3. The summed E-state index contributed by atoms with van der Waals surface area (Å²) in [4.78, 5) is 24.5. The second-order valence-corrected chi connectivity index (χ2v) is 8.58. The minimum atomic E-state index is -0.270. The van der Waals surface area contributed by atoms with Crippen molar-refractivity contribution in [3.63, 3.8) is 0 Å². The molecular formula is C22H24ClN5O2S. The molecule has 7 nitrogen and oxygen atoms in total. The number of aromatic nitrogens is 3. The molecule has 0 unspecified atom stereocenters. The molecule has 9 heteroatoms. The van der Waals surface area contributed by atoms with Crippen LogP contribution in [0.3, 0.4) is 0 Å². The van der Waals surface area contributed by atoms with Gasteiger partial charge in [0.05, 0.1) is 17.3 Å². The molecule has 2 N–H and O–H groups in total. The maximum atomic E-state index is 12.3. The van der Waals surface area contributed by atoms with Crippen molar-refractivity contribution in [2.24, 2.45) is 7.05 Å². The van der Waals surface area contributed by atoms with Crippen LogP contribution >= 0.6 is 23.4 Å². The van der Waals surface area contributed by atoms with Crippen LogP contribution in [0.1, 0.15) is 16.7 Å². The van der Waals surface area contributed by atoms with E-state index in [9.17, 15) is 9.59 Å². The first-order valence-electron chi connectivity index (χ1n) is 9.67. The molecule has 0 bridgehead atoms. The lowest BCUT2D eigenvalue weighted by molar-refractivity contribution is -0.122. The van der Waals surface area contributed by atoms with E-state index in [1.54, 1.807) is 10.6 Å². The molecule has 0 atom stereocenters. The fraction of sp³-hybridized carbons (Fsp3) is 0.273. The first kappa shape index (κ1) is 22.8. The number of aryl methyl sites for hydroxylation is 3. The number of thioether (sulfide) groups is 1. The van der Waals surface area contributed by atoms with Crippen LogP contribution in [0.5, 0.6) is 0 Å². The maximum Gasteiger partial charge on any atom is 0.243 e. The third-order valence-electron chi connectivity index (χ3n) is 4.67. The number of hydrogen-bond acceptors (Lipinski definition) is 5. The number of rotatable bonds is 7. The number of benzene rings is 2. The molecule has 3 rings (SSSR count). The zero-order valence-electron chi connectivity index (χ0n) is 17.8. The number of carbonyl (C=O) groups excluding carboxylic acids is 2. The third kappa shape index (κ3) is 5.65. The summed E-state index contributed by atoms with van der Waals surface area (Å²) in [6.45, 7) is 5.80. The van der Waals surface area contributed by atoms with Crippen molar-refractivity contribution >= 4 is 40.9 Å². The molecule has 0 aliphatic rings.